The zero-order valence-electron chi connectivity index (χ0n) is 16.1. The summed E-state index contributed by atoms with van der Waals surface area (Å²) in [5, 5.41) is 2.52. The minimum absolute atomic E-state index is 0.0204. The molecule has 0 spiro atoms. The van der Waals surface area contributed by atoms with Gasteiger partial charge < -0.3 is 19.5 Å². The Morgan fingerprint density at radius 1 is 1.00 bits per heavy atom. The van der Waals surface area contributed by atoms with Gasteiger partial charge in [0.05, 0.1) is 12.2 Å². The Balaban J connectivity index is 2.79. The first-order valence-corrected chi connectivity index (χ1v) is 8.27. The molecular weight excluding hydrogens is 322 g/mol. The third-order valence-electron chi connectivity index (χ3n) is 2.90. The molecule has 1 aromatic carbocycles. The number of amides is 1. The van der Waals surface area contributed by atoms with E-state index in [1.165, 1.54) is 0 Å². The fourth-order valence-corrected chi connectivity index (χ4v) is 1.75. The average molecular weight is 351 g/mol. The van der Waals surface area contributed by atoms with Crippen LogP contribution in [0, 0.1) is 6.92 Å². The molecule has 0 bridgehead atoms. The second-order valence-electron chi connectivity index (χ2n) is 7.86. The molecule has 1 rings (SSSR count). The van der Waals surface area contributed by atoms with Crippen molar-refractivity contribution in [2.75, 3.05) is 6.61 Å². The van der Waals surface area contributed by atoms with Gasteiger partial charge in [0.25, 0.3) is 0 Å². The molecule has 0 heterocycles. The number of benzene rings is 1. The predicted molar refractivity (Wildman–Crippen MR) is 95.7 cm³/mol. The van der Waals surface area contributed by atoms with Crippen molar-refractivity contribution in [3.8, 4) is 5.75 Å². The second kappa shape index (κ2) is 8.34. The molecule has 0 aliphatic carbocycles. The summed E-state index contributed by atoms with van der Waals surface area (Å²) in [5.41, 5.74) is -0.0717. The van der Waals surface area contributed by atoms with Crippen LogP contribution in [0.25, 0.3) is 0 Å². The third-order valence-corrected chi connectivity index (χ3v) is 2.90. The molecule has 0 aromatic heterocycles. The Hall–Kier alpha value is -2.08. The van der Waals surface area contributed by atoms with E-state index in [2.05, 4.69) is 5.32 Å². The maximum absolute atomic E-state index is 12.4. The van der Waals surface area contributed by atoms with Gasteiger partial charge in [-0.2, -0.15) is 0 Å². The molecule has 0 radical (unpaired) electrons. The van der Waals surface area contributed by atoms with E-state index >= 15 is 0 Å². The number of carbonyl (C=O) groups excluding carboxylic acids is 2. The lowest BCUT2D eigenvalue weighted by atomic mass is 10.2. The number of ether oxygens (including phenoxy) is 3. The van der Waals surface area contributed by atoms with E-state index in [1.807, 2.05) is 39.8 Å². The van der Waals surface area contributed by atoms with Crippen molar-refractivity contribution in [1.29, 1.82) is 0 Å². The fraction of sp³-hybridized carbons (Fsp3) is 0.579. The van der Waals surface area contributed by atoms with E-state index in [-0.39, 0.29) is 6.61 Å². The van der Waals surface area contributed by atoms with Crippen LogP contribution in [0.4, 0.5) is 4.79 Å². The molecule has 0 unspecified atom stereocenters. The Labute approximate surface area is 149 Å². The highest BCUT2D eigenvalue weighted by Crippen LogP contribution is 2.14. The van der Waals surface area contributed by atoms with Gasteiger partial charge in [-0.15, -0.1) is 0 Å². The Morgan fingerprint density at radius 2 is 1.56 bits per heavy atom. The summed E-state index contributed by atoms with van der Waals surface area (Å²) in [7, 11) is 0. The van der Waals surface area contributed by atoms with Crippen molar-refractivity contribution in [2.24, 2.45) is 0 Å². The molecule has 1 atom stereocenters. The largest absolute Gasteiger partial charge is 0.444 e. The summed E-state index contributed by atoms with van der Waals surface area (Å²) in [5.74, 6) is -0.207. The predicted octanol–water partition coefficient (Wildman–Crippen LogP) is 3.61. The molecule has 140 valence electrons. The van der Waals surface area contributed by atoms with Gasteiger partial charge in [0.2, 0.25) is 0 Å². The Morgan fingerprint density at radius 3 is 2.04 bits per heavy atom. The van der Waals surface area contributed by atoms with Crippen molar-refractivity contribution in [3.63, 3.8) is 0 Å². The van der Waals surface area contributed by atoms with Gasteiger partial charge in [0, 0.05) is 0 Å². The van der Waals surface area contributed by atoms with Crippen LogP contribution >= 0.6 is 0 Å². The smallest absolute Gasteiger partial charge is 0.408 e. The summed E-state index contributed by atoms with van der Waals surface area (Å²) in [4.78, 5) is 24.4. The lowest BCUT2D eigenvalue weighted by Crippen LogP contribution is -2.48. The summed E-state index contributed by atoms with van der Waals surface area (Å²) < 4.78 is 16.2. The zero-order chi connectivity index (χ0) is 19.3. The number of carbonyl (C=O) groups is 2. The van der Waals surface area contributed by atoms with Gasteiger partial charge >= 0.3 is 12.1 Å². The number of aryl methyl sites for hydroxylation is 1. The minimum Gasteiger partial charge on any atom is -0.444 e. The zero-order valence-corrected chi connectivity index (χ0v) is 16.1. The monoisotopic (exact) mass is 351 g/mol. The maximum Gasteiger partial charge on any atom is 0.408 e. The number of rotatable bonds is 5. The lowest BCUT2D eigenvalue weighted by Gasteiger charge is -2.26. The topological polar surface area (TPSA) is 73.9 Å². The van der Waals surface area contributed by atoms with Crippen molar-refractivity contribution in [2.45, 2.75) is 65.7 Å². The molecule has 0 saturated heterocycles. The van der Waals surface area contributed by atoms with Gasteiger partial charge in [-0.05, 0) is 60.6 Å². The highest BCUT2D eigenvalue weighted by atomic mass is 16.6. The van der Waals surface area contributed by atoms with Crippen molar-refractivity contribution < 1.29 is 23.8 Å². The SMILES string of the molecule is Cc1ccc(OC(=O)[C@H](COC(C)(C)C)NC(=O)OC(C)(C)C)cc1. The van der Waals surface area contributed by atoms with Crippen LogP contribution in [0.1, 0.15) is 47.1 Å². The molecule has 6 nitrogen and oxygen atoms in total. The van der Waals surface area contributed by atoms with Crippen LogP contribution < -0.4 is 10.1 Å². The van der Waals surface area contributed by atoms with Gasteiger partial charge in [0.1, 0.15) is 11.4 Å². The molecule has 0 aliphatic rings. The number of esters is 1. The molecule has 1 aromatic rings. The van der Waals surface area contributed by atoms with Crippen LogP contribution in [0.2, 0.25) is 0 Å². The van der Waals surface area contributed by atoms with Gasteiger partial charge in [-0.1, -0.05) is 17.7 Å². The number of alkyl carbamates (subject to hydrolysis) is 1. The van der Waals surface area contributed by atoms with E-state index in [0.717, 1.165) is 5.56 Å². The first-order chi connectivity index (χ1) is 11.4. The van der Waals surface area contributed by atoms with Crippen LogP contribution in [-0.2, 0) is 14.3 Å². The summed E-state index contributed by atoms with van der Waals surface area (Å²) in [6, 6.07) is 6.09. The normalized spacial score (nSPS) is 13.1. The Kier molecular flexibility index (Phi) is 6.99. The quantitative estimate of drug-likeness (QED) is 0.648. The van der Waals surface area contributed by atoms with Gasteiger partial charge in [-0.25, -0.2) is 9.59 Å². The van der Waals surface area contributed by atoms with E-state index < -0.39 is 29.3 Å². The van der Waals surface area contributed by atoms with Crippen LogP contribution in [0.5, 0.6) is 5.75 Å². The molecule has 1 amide bonds. The minimum atomic E-state index is -0.977. The van der Waals surface area contributed by atoms with Crippen LogP contribution in [0.15, 0.2) is 24.3 Å². The number of hydrogen-bond acceptors (Lipinski definition) is 5. The summed E-state index contributed by atoms with van der Waals surface area (Å²) in [6.45, 7) is 12.8. The highest BCUT2D eigenvalue weighted by Gasteiger charge is 2.28. The fourth-order valence-electron chi connectivity index (χ4n) is 1.75. The van der Waals surface area contributed by atoms with Crippen molar-refractivity contribution in [3.05, 3.63) is 29.8 Å². The Bertz CT molecular complexity index is 581. The van der Waals surface area contributed by atoms with Gasteiger partial charge in [-0.3, -0.25) is 0 Å². The first-order valence-electron chi connectivity index (χ1n) is 8.27. The van der Waals surface area contributed by atoms with Crippen LogP contribution in [0.3, 0.4) is 0 Å². The van der Waals surface area contributed by atoms with E-state index in [0.29, 0.717) is 5.75 Å². The molecule has 0 fully saturated rings. The van der Waals surface area contributed by atoms with Crippen molar-refractivity contribution in [1.82, 2.24) is 5.32 Å². The van der Waals surface area contributed by atoms with Gasteiger partial charge in [0.15, 0.2) is 6.04 Å². The first kappa shape index (κ1) is 21.0. The molecule has 6 heteroatoms. The average Bonchev–Trinajstić information content (AvgIpc) is 2.43. The van der Waals surface area contributed by atoms with Crippen LogP contribution in [-0.4, -0.2) is 35.9 Å². The lowest BCUT2D eigenvalue weighted by molar-refractivity contribution is -0.140. The molecular formula is C19H29NO5. The summed E-state index contributed by atoms with van der Waals surface area (Å²) >= 11 is 0. The van der Waals surface area contributed by atoms with E-state index in [9.17, 15) is 9.59 Å². The van der Waals surface area contributed by atoms with Crippen molar-refractivity contribution >= 4 is 12.1 Å². The maximum atomic E-state index is 12.4. The van der Waals surface area contributed by atoms with E-state index in [4.69, 9.17) is 14.2 Å². The molecule has 0 aliphatic heterocycles. The standard InChI is InChI=1S/C19H29NO5/c1-13-8-10-14(11-9-13)24-16(21)15(12-23-18(2,3)4)20-17(22)25-19(5,6)7/h8-11,15H,12H2,1-7H3,(H,20,22)/t15-/m0/s1. The third kappa shape index (κ3) is 9.10. The second-order valence-corrected chi connectivity index (χ2v) is 7.86. The number of nitrogens with one attached hydrogen (secondary N) is 1. The summed E-state index contributed by atoms with van der Waals surface area (Å²) in [6.07, 6.45) is -0.698. The van der Waals surface area contributed by atoms with E-state index in [1.54, 1.807) is 32.9 Å². The molecule has 0 saturated carbocycles. The molecule has 25 heavy (non-hydrogen) atoms. The highest BCUT2D eigenvalue weighted by molar-refractivity contribution is 5.83. The number of hydrogen-bond donors (Lipinski definition) is 1. The molecule has 1 N–H and O–H groups in total.